The summed E-state index contributed by atoms with van der Waals surface area (Å²) in [6.45, 7) is 3.38. The van der Waals surface area contributed by atoms with Crippen LogP contribution in [-0.2, 0) is 0 Å². The van der Waals surface area contributed by atoms with E-state index in [0.29, 0.717) is 13.2 Å². The lowest BCUT2D eigenvalue weighted by Crippen LogP contribution is -2.28. The van der Waals surface area contributed by atoms with Gasteiger partial charge in [-0.3, -0.25) is 11.3 Å². The molecule has 0 saturated heterocycles. The Labute approximate surface area is 95.7 Å². The molecular weight excluding hydrogens is 204 g/mol. The van der Waals surface area contributed by atoms with Crippen LogP contribution in [0.25, 0.3) is 0 Å². The quantitative estimate of drug-likeness (QED) is 0.602. The SMILES string of the molecule is CCCC(NN)c1ccc2c(c1)OCCO2. The van der Waals surface area contributed by atoms with Crippen LogP contribution in [0.1, 0.15) is 31.4 Å². The van der Waals surface area contributed by atoms with E-state index in [1.54, 1.807) is 0 Å². The van der Waals surface area contributed by atoms with Crippen molar-refractivity contribution in [3.63, 3.8) is 0 Å². The average molecular weight is 222 g/mol. The van der Waals surface area contributed by atoms with E-state index >= 15 is 0 Å². The molecule has 0 spiro atoms. The Bertz CT molecular complexity index is 355. The van der Waals surface area contributed by atoms with Crippen LogP contribution in [0.3, 0.4) is 0 Å². The predicted octanol–water partition coefficient (Wildman–Crippen LogP) is 1.76. The Hall–Kier alpha value is -1.26. The summed E-state index contributed by atoms with van der Waals surface area (Å²) in [5, 5.41) is 0. The monoisotopic (exact) mass is 222 g/mol. The first-order valence-electron chi connectivity index (χ1n) is 5.71. The highest BCUT2D eigenvalue weighted by atomic mass is 16.6. The topological polar surface area (TPSA) is 56.5 Å². The van der Waals surface area contributed by atoms with Crippen molar-refractivity contribution < 1.29 is 9.47 Å². The Morgan fingerprint density at radius 3 is 2.75 bits per heavy atom. The summed E-state index contributed by atoms with van der Waals surface area (Å²) in [4.78, 5) is 0. The molecule has 4 nitrogen and oxygen atoms in total. The van der Waals surface area contributed by atoms with Gasteiger partial charge in [-0.1, -0.05) is 19.4 Å². The molecule has 1 aromatic rings. The summed E-state index contributed by atoms with van der Waals surface area (Å²) in [7, 11) is 0. The second kappa shape index (κ2) is 5.18. The molecule has 0 aromatic heterocycles. The summed E-state index contributed by atoms with van der Waals surface area (Å²) in [6, 6.07) is 6.17. The first-order valence-corrected chi connectivity index (χ1v) is 5.71. The molecule has 0 saturated carbocycles. The van der Waals surface area contributed by atoms with Crippen molar-refractivity contribution in [3.05, 3.63) is 23.8 Å². The molecule has 0 fully saturated rings. The molecule has 4 heteroatoms. The van der Waals surface area contributed by atoms with Gasteiger partial charge in [-0.15, -0.1) is 0 Å². The van der Waals surface area contributed by atoms with Crippen molar-refractivity contribution in [2.45, 2.75) is 25.8 Å². The molecule has 1 atom stereocenters. The number of ether oxygens (including phenoxy) is 2. The van der Waals surface area contributed by atoms with E-state index in [-0.39, 0.29) is 6.04 Å². The van der Waals surface area contributed by atoms with Gasteiger partial charge >= 0.3 is 0 Å². The Morgan fingerprint density at radius 1 is 1.31 bits per heavy atom. The highest BCUT2D eigenvalue weighted by Crippen LogP contribution is 2.33. The molecule has 0 bridgehead atoms. The van der Waals surface area contributed by atoms with Gasteiger partial charge in [0, 0.05) is 6.04 Å². The third-order valence-corrected chi connectivity index (χ3v) is 2.75. The molecule has 2 rings (SSSR count). The zero-order chi connectivity index (χ0) is 11.4. The van der Waals surface area contributed by atoms with Crippen molar-refractivity contribution in [1.29, 1.82) is 0 Å². The third kappa shape index (κ3) is 2.28. The number of nitrogens with one attached hydrogen (secondary N) is 1. The molecule has 0 amide bonds. The van der Waals surface area contributed by atoms with Crippen molar-refractivity contribution in [1.82, 2.24) is 5.43 Å². The molecule has 1 heterocycles. The number of nitrogens with two attached hydrogens (primary N) is 1. The molecule has 1 aliphatic heterocycles. The van der Waals surface area contributed by atoms with Crippen LogP contribution in [0.5, 0.6) is 11.5 Å². The number of hydrazine groups is 1. The second-order valence-corrected chi connectivity index (χ2v) is 3.91. The smallest absolute Gasteiger partial charge is 0.161 e. The lowest BCUT2D eigenvalue weighted by molar-refractivity contribution is 0.171. The van der Waals surface area contributed by atoms with Crippen LogP contribution in [0.2, 0.25) is 0 Å². The Morgan fingerprint density at radius 2 is 2.06 bits per heavy atom. The molecule has 3 N–H and O–H groups in total. The van der Waals surface area contributed by atoms with Gasteiger partial charge < -0.3 is 9.47 Å². The predicted molar refractivity (Wildman–Crippen MR) is 62.4 cm³/mol. The van der Waals surface area contributed by atoms with Gasteiger partial charge in [-0.2, -0.15) is 0 Å². The normalized spacial score (nSPS) is 15.9. The summed E-state index contributed by atoms with van der Waals surface area (Å²) < 4.78 is 11.0. The molecule has 88 valence electrons. The minimum absolute atomic E-state index is 0.181. The first kappa shape index (κ1) is 11.2. The van der Waals surface area contributed by atoms with Gasteiger partial charge in [0.1, 0.15) is 13.2 Å². The molecule has 1 aliphatic rings. The number of fused-ring (bicyclic) bond motifs is 1. The maximum Gasteiger partial charge on any atom is 0.161 e. The lowest BCUT2D eigenvalue weighted by Gasteiger charge is -2.21. The molecule has 1 unspecified atom stereocenters. The molecule has 16 heavy (non-hydrogen) atoms. The van der Waals surface area contributed by atoms with Crippen molar-refractivity contribution in [2.75, 3.05) is 13.2 Å². The van der Waals surface area contributed by atoms with E-state index < -0.39 is 0 Å². The first-order chi connectivity index (χ1) is 7.85. The number of hydrogen-bond acceptors (Lipinski definition) is 4. The van der Waals surface area contributed by atoms with Crippen LogP contribution in [0, 0.1) is 0 Å². The Kier molecular flexibility index (Phi) is 3.64. The van der Waals surface area contributed by atoms with E-state index in [2.05, 4.69) is 12.3 Å². The van der Waals surface area contributed by atoms with Gasteiger partial charge in [0.15, 0.2) is 11.5 Å². The molecular formula is C12H18N2O2. The van der Waals surface area contributed by atoms with Crippen LogP contribution in [0.15, 0.2) is 18.2 Å². The summed E-state index contributed by atoms with van der Waals surface area (Å²) in [6.07, 6.45) is 2.10. The van der Waals surface area contributed by atoms with Gasteiger partial charge in [0.05, 0.1) is 0 Å². The van der Waals surface area contributed by atoms with Crippen molar-refractivity contribution in [2.24, 2.45) is 5.84 Å². The third-order valence-electron chi connectivity index (χ3n) is 2.75. The van der Waals surface area contributed by atoms with Crippen LogP contribution in [0.4, 0.5) is 0 Å². The largest absolute Gasteiger partial charge is 0.486 e. The standard InChI is InChI=1S/C12H18N2O2/c1-2-3-10(14-13)9-4-5-11-12(8-9)16-7-6-15-11/h4-5,8,10,14H,2-3,6-7,13H2,1H3. The maximum atomic E-state index is 5.54. The van der Waals surface area contributed by atoms with E-state index in [0.717, 1.165) is 29.9 Å². The number of hydrogen-bond donors (Lipinski definition) is 2. The van der Waals surface area contributed by atoms with E-state index in [4.69, 9.17) is 15.3 Å². The Balaban J connectivity index is 2.21. The fourth-order valence-corrected chi connectivity index (χ4v) is 1.91. The fraction of sp³-hybridized carbons (Fsp3) is 0.500. The minimum Gasteiger partial charge on any atom is -0.486 e. The highest BCUT2D eigenvalue weighted by Gasteiger charge is 2.15. The lowest BCUT2D eigenvalue weighted by atomic mass is 10.0. The number of rotatable bonds is 4. The highest BCUT2D eigenvalue weighted by molar-refractivity contribution is 5.44. The average Bonchev–Trinajstić information content (AvgIpc) is 2.35. The van der Waals surface area contributed by atoms with E-state index in [9.17, 15) is 0 Å². The number of benzene rings is 1. The molecule has 0 aliphatic carbocycles. The van der Waals surface area contributed by atoms with Gasteiger partial charge in [-0.05, 0) is 24.1 Å². The zero-order valence-corrected chi connectivity index (χ0v) is 9.53. The minimum atomic E-state index is 0.181. The zero-order valence-electron chi connectivity index (χ0n) is 9.53. The fourth-order valence-electron chi connectivity index (χ4n) is 1.91. The molecule has 0 radical (unpaired) electrons. The van der Waals surface area contributed by atoms with Gasteiger partial charge in [0.25, 0.3) is 0 Å². The summed E-state index contributed by atoms with van der Waals surface area (Å²) in [5.41, 5.74) is 3.98. The van der Waals surface area contributed by atoms with Crippen LogP contribution in [-0.4, -0.2) is 13.2 Å². The maximum absolute atomic E-state index is 5.54. The van der Waals surface area contributed by atoms with Crippen molar-refractivity contribution in [3.8, 4) is 11.5 Å². The van der Waals surface area contributed by atoms with E-state index in [1.165, 1.54) is 0 Å². The van der Waals surface area contributed by atoms with Crippen LogP contribution < -0.4 is 20.7 Å². The van der Waals surface area contributed by atoms with Crippen LogP contribution >= 0.6 is 0 Å². The van der Waals surface area contributed by atoms with Crippen molar-refractivity contribution >= 4 is 0 Å². The summed E-state index contributed by atoms with van der Waals surface area (Å²) in [5.74, 6) is 7.19. The second-order valence-electron chi connectivity index (χ2n) is 3.91. The van der Waals surface area contributed by atoms with E-state index in [1.807, 2.05) is 18.2 Å². The van der Waals surface area contributed by atoms with Gasteiger partial charge in [0.2, 0.25) is 0 Å². The molecule has 1 aromatic carbocycles. The van der Waals surface area contributed by atoms with Gasteiger partial charge in [-0.25, -0.2) is 0 Å². The summed E-state index contributed by atoms with van der Waals surface area (Å²) >= 11 is 0.